The van der Waals surface area contributed by atoms with Gasteiger partial charge in [0.2, 0.25) is 5.91 Å². The lowest BCUT2D eigenvalue weighted by Crippen LogP contribution is -2.56. The molecule has 1 aliphatic heterocycles. The first kappa shape index (κ1) is 19.4. The first-order valence-corrected chi connectivity index (χ1v) is 10.6. The highest BCUT2D eigenvalue weighted by Gasteiger charge is 2.43. The second kappa shape index (κ2) is 7.48. The van der Waals surface area contributed by atoms with Crippen LogP contribution >= 0.6 is 11.3 Å². The first-order chi connectivity index (χ1) is 13.9. The van der Waals surface area contributed by atoms with Crippen LogP contribution in [0.3, 0.4) is 0 Å². The van der Waals surface area contributed by atoms with Crippen LogP contribution in [-0.4, -0.2) is 18.4 Å². The van der Waals surface area contributed by atoms with E-state index in [-0.39, 0.29) is 18.4 Å². The smallest absolute Gasteiger partial charge is 0.256 e. The number of benzene rings is 2. The first-order valence-electron chi connectivity index (χ1n) is 9.69. The maximum atomic E-state index is 13.8. The van der Waals surface area contributed by atoms with Crippen molar-refractivity contribution in [1.82, 2.24) is 0 Å². The molecule has 0 N–H and O–H groups in total. The van der Waals surface area contributed by atoms with Gasteiger partial charge in [-0.15, -0.1) is 11.3 Å². The van der Waals surface area contributed by atoms with Crippen molar-refractivity contribution in [2.45, 2.75) is 33.7 Å². The van der Waals surface area contributed by atoms with E-state index in [0.29, 0.717) is 0 Å². The van der Waals surface area contributed by atoms with Crippen molar-refractivity contribution < 1.29 is 9.59 Å². The summed E-state index contributed by atoms with van der Waals surface area (Å²) >= 11 is 1.51. The molecular weight excluding hydrogens is 380 g/mol. The van der Waals surface area contributed by atoms with E-state index in [4.69, 9.17) is 0 Å². The summed E-state index contributed by atoms with van der Waals surface area (Å²) in [5.41, 5.74) is 5.76. The van der Waals surface area contributed by atoms with Crippen LogP contribution in [0.2, 0.25) is 0 Å². The summed E-state index contributed by atoms with van der Waals surface area (Å²) in [5, 5.41) is 1.95. The van der Waals surface area contributed by atoms with E-state index in [1.807, 2.05) is 75.5 Å². The third-order valence-corrected chi connectivity index (χ3v) is 6.38. The highest BCUT2D eigenvalue weighted by Crippen LogP contribution is 2.39. The molecule has 1 fully saturated rings. The van der Waals surface area contributed by atoms with Gasteiger partial charge in [-0.3, -0.25) is 14.5 Å². The third kappa shape index (κ3) is 3.36. The minimum atomic E-state index is -0.656. The largest absolute Gasteiger partial charge is 0.300 e. The Hall–Kier alpha value is -2.92. The minimum Gasteiger partial charge on any atom is -0.300 e. The lowest BCUT2D eigenvalue weighted by atomic mass is 10.0. The van der Waals surface area contributed by atoms with Gasteiger partial charge in [-0.1, -0.05) is 42.0 Å². The molecule has 1 atom stereocenters. The number of hydrogen-bond acceptors (Lipinski definition) is 3. The molecule has 4 nitrogen and oxygen atoms in total. The number of hydrogen-bond donors (Lipinski definition) is 0. The number of aryl methyl sites for hydroxylation is 4. The number of amides is 2. The Labute approximate surface area is 175 Å². The van der Waals surface area contributed by atoms with Crippen molar-refractivity contribution in [2.24, 2.45) is 0 Å². The monoisotopic (exact) mass is 404 g/mol. The van der Waals surface area contributed by atoms with E-state index in [9.17, 15) is 9.59 Å². The Morgan fingerprint density at radius 1 is 0.897 bits per heavy atom. The molecule has 1 saturated heterocycles. The van der Waals surface area contributed by atoms with Crippen LogP contribution in [0.15, 0.2) is 53.9 Å². The molecule has 3 aromatic rings. The maximum absolute atomic E-state index is 13.8. The van der Waals surface area contributed by atoms with Crippen molar-refractivity contribution in [3.8, 4) is 0 Å². The summed E-state index contributed by atoms with van der Waals surface area (Å²) in [7, 11) is 0. The van der Waals surface area contributed by atoms with Gasteiger partial charge in [0.15, 0.2) is 6.04 Å². The van der Waals surface area contributed by atoms with Crippen LogP contribution in [0.4, 0.5) is 11.4 Å². The molecule has 29 heavy (non-hydrogen) atoms. The van der Waals surface area contributed by atoms with Crippen LogP contribution in [0.5, 0.6) is 0 Å². The Balaban J connectivity index is 1.85. The van der Waals surface area contributed by atoms with Gasteiger partial charge in [0, 0.05) is 10.6 Å². The molecule has 148 valence electrons. The highest BCUT2D eigenvalue weighted by molar-refractivity contribution is 7.10. The number of nitrogens with zero attached hydrogens (tertiary/aromatic N) is 2. The van der Waals surface area contributed by atoms with E-state index in [1.165, 1.54) is 11.3 Å². The molecule has 1 aliphatic rings. The molecule has 0 bridgehead atoms. The molecular formula is C24H24N2O2S. The number of carbonyl (C=O) groups excluding carboxylic acids is 2. The molecule has 0 saturated carbocycles. The Bertz CT molecular complexity index is 1070. The Morgan fingerprint density at radius 2 is 1.62 bits per heavy atom. The van der Waals surface area contributed by atoms with Gasteiger partial charge in [0.25, 0.3) is 5.91 Å². The quantitative estimate of drug-likeness (QED) is 0.609. The molecule has 2 heterocycles. The van der Waals surface area contributed by atoms with Gasteiger partial charge >= 0.3 is 0 Å². The normalized spacial score (nSPS) is 17.2. The van der Waals surface area contributed by atoms with E-state index in [0.717, 1.165) is 38.5 Å². The van der Waals surface area contributed by atoms with E-state index >= 15 is 0 Å². The molecule has 1 aromatic heterocycles. The molecule has 0 spiro atoms. The van der Waals surface area contributed by atoms with Crippen molar-refractivity contribution in [3.63, 3.8) is 0 Å². The van der Waals surface area contributed by atoms with E-state index < -0.39 is 6.04 Å². The molecule has 4 rings (SSSR count). The van der Waals surface area contributed by atoms with Crippen LogP contribution in [0.1, 0.15) is 33.2 Å². The van der Waals surface area contributed by atoms with Crippen LogP contribution < -0.4 is 9.80 Å². The maximum Gasteiger partial charge on any atom is 0.256 e. The molecule has 0 radical (unpaired) electrons. The average Bonchev–Trinajstić information content (AvgIpc) is 3.18. The number of piperazine rings is 1. The van der Waals surface area contributed by atoms with Gasteiger partial charge < -0.3 is 4.90 Å². The van der Waals surface area contributed by atoms with Crippen molar-refractivity contribution in [3.05, 3.63) is 81.0 Å². The van der Waals surface area contributed by atoms with E-state index in [1.54, 1.807) is 9.80 Å². The fourth-order valence-electron chi connectivity index (χ4n) is 4.16. The molecule has 2 aromatic carbocycles. The fraction of sp³-hybridized carbons (Fsp3) is 0.250. The fourth-order valence-corrected chi connectivity index (χ4v) is 4.96. The highest BCUT2D eigenvalue weighted by atomic mass is 32.1. The summed E-state index contributed by atoms with van der Waals surface area (Å²) in [6.07, 6.45) is 0. The molecule has 2 amide bonds. The van der Waals surface area contributed by atoms with Gasteiger partial charge in [-0.2, -0.15) is 0 Å². The van der Waals surface area contributed by atoms with Gasteiger partial charge in [0.05, 0.1) is 5.69 Å². The zero-order chi connectivity index (χ0) is 20.7. The zero-order valence-corrected chi connectivity index (χ0v) is 17.9. The number of anilines is 2. The van der Waals surface area contributed by atoms with E-state index in [2.05, 4.69) is 6.07 Å². The topological polar surface area (TPSA) is 40.6 Å². The average molecular weight is 405 g/mol. The van der Waals surface area contributed by atoms with Crippen molar-refractivity contribution in [1.29, 1.82) is 0 Å². The number of para-hydroxylation sites is 1. The lowest BCUT2D eigenvalue weighted by Gasteiger charge is -2.41. The van der Waals surface area contributed by atoms with Crippen LogP contribution in [-0.2, 0) is 9.59 Å². The summed E-state index contributed by atoms with van der Waals surface area (Å²) in [5.74, 6) is -0.137. The van der Waals surface area contributed by atoms with Gasteiger partial charge in [-0.25, -0.2) is 0 Å². The predicted molar refractivity (Wildman–Crippen MR) is 119 cm³/mol. The second-order valence-corrected chi connectivity index (χ2v) is 8.62. The van der Waals surface area contributed by atoms with Crippen LogP contribution in [0, 0.1) is 27.7 Å². The SMILES string of the molecule is Cc1ccc(N2C(=O)CN(c3c(C)cccc3C)C(=O)[C@H]2c2cccs2)c(C)c1. The lowest BCUT2D eigenvalue weighted by molar-refractivity contribution is -0.128. The van der Waals surface area contributed by atoms with Gasteiger partial charge in [-0.05, 0) is 61.9 Å². The van der Waals surface area contributed by atoms with Crippen molar-refractivity contribution >= 4 is 34.5 Å². The Morgan fingerprint density at radius 3 is 2.24 bits per heavy atom. The third-order valence-electron chi connectivity index (χ3n) is 5.45. The Kier molecular flexibility index (Phi) is 5.01. The van der Waals surface area contributed by atoms with Crippen LogP contribution in [0.25, 0.3) is 0 Å². The predicted octanol–water partition coefficient (Wildman–Crippen LogP) is 5.10. The summed E-state index contributed by atoms with van der Waals surface area (Å²) < 4.78 is 0. The second-order valence-electron chi connectivity index (χ2n) is 7.64. The molecule has 0 unspecified atom stereocenters. The zero-order valence-electron chi connectivity index (χ0n) is 17.1. The number of rotatable bonds is 3. The summed E-state index contributed by atoms with van der Waals surface area (Å²) in [6.45, 7) is 8.02. The summed E-state index contributed by atoms with van der Waals surface area (Å²) in [4.78, 5) is 31.4. The minimum absolute atomic E-state index is 0.0414. The number of thiophene rings is 1. The summed E-state index contributed by atoms with van der Waals surface area (Å²) in [6, 6.07) is 15.1. The molecule has 0 aliphatic carbocycles. The van der Waals surface area contributed by atoms with Crippen molar-refractivity contribution in [2.75, 3.05) is 16.3 Å². The number of carbonyl (C=O) groups is 2. The standard InChI is InChI=1S/C24H24N2O2S/c1-15-10-11-19(18(4)13-15)26-21(27)14-25(22-16(2)7-5-8-17(22)3)24(28)23(26)20-9-6-12-29-20/h5-13,23H,14H2,1-4H3/t23-/m1/s1. The van der Waals surface area contributed by atoms with Gasteiger partial charge in [0.1, 0.15) is 6.54 Å². The molecule has 5 heteroatoms.